The van der Waals surface area contributed by atoms with E-state index in [1.54, 1.807) is 12.3 Å². The molecule has 3 nitrogen and oxygen atoms in total. The number of halogens is 2. The zero-order valence-electron chi connectivity index (χ0n) is 10.8. The van der Waals surface area contributed by atoms with E-state index in [4.69, 9.17) is 23.2 Å². The first-order valence-electron chi connectivity index (χ1n) is 6.33. The van der Waals surface area contributed by atoms with Crippen molar-refractivity contribution in [2.75, 3.05) is 13.2 Å². The van der Waals surface area contributed by atoms with Gasteiger partial charge in [-0.25, -0.2) is 9.48 Å². The van der Waals surface area contributed by atoms with Gasteiger partial charge in [0.2, 0.25) is 5.84 Å². The Bertz CT molecular complexity index is 528. The molecule has 5 heteroatoms. The van der Waals surface area contributed by atoms with E-state index in [0.29, 0.717) is 20.4 Å². The van der Waals surface area contributed by atoms with Gasteiger partial charge in [-0.3, -0.25) is 0 Å². The number of hydrogen-bond donors (Lipinski definition) is 1. The molecule has 2 rings (SSSR count). The van der Waals surface area contributed by atoms with E-state index >= 15 is 0 Å². The number of amidine groups is 1. The molecule has 1 aliphatic heterocycles. The first-order chi connectivity index (χ1) is 9.14. The molecular weight excluding hydrogens is 283 g/mol. The summed E-state index contributed by atoms with van der Waals surface area (Å²) in [7, 11) is 0. The fourth-order valence-electron chi connectivity index (χ4n) is 2.35. The Hall–Kier alpha value is -0.870. The van der Waals surface area contributed by atoms with Crippen LogP contribution in [0.4, 0.5) is 5.69 Å². The van der Waals surface area contributed by atoms with Gasteiger partial charge in [-0.2, -0.15) is 0 Å². The number of unbranched alkanes of at least 4 members (excludes halogenated alkanes) is 1. The highest BCUT2D eigenvalue weighted by Gasteiger charge is 2.38. The van der Waals surface area contributed by atoms with Gasteiger partial charge in [0, 0.05) is 11.1 Å². The second kappa shape index (κ2) is 6.06. The zero-order valence-corrected chi connectivity index (χ0v) is 12.3. The van der Waals surface area contributed by atoms with Crippen molar-refractivity contribution in [2.45, 2.75) is 19.8 Å². The van der Waals surface area contributed by atoms with Gasteiger partial charge in [-0.1, -0.05) is 36.5 Å². The number of quaternary nitrogens is 1. The third-order valence-corrected chi connectivity index (χ3v) is 3.89. The van der Waals surface area contributed by atoms with Gasteiger partial charge >= 0.3 is 0 Å². The van der Waals surface area contributed by atoms with Crippen molar-refractivity contribution in [3.8, 4) is 0 Å². The van der Waals surface area contributed by atoms with E-state index in [1.807, 2.05) is 18.3 Å². The van der Waals surface area contributed by atoms with Crippen molar-refractivity contribution in [2.24, 2.45) is 4.99 Å². The maximum atomic E-state index is 9.55. The average Bonchev–Trinajstić information content (AvgIpc) is 2.80. The largest absolute Gasteiger partial charge is 0.384 e. The molecule has 1 aromatic carbocycles. The standard InChI is InChI=1S/C14H17Cl2N2O/c1-2-3-7-18(8-6-17-14(18)10-19)13-5-4-11(15)9-12(13)16/h4-6,8-9,19H,2-3,7,10H2,1H3/q+1. The molecule has 0 saturated carbocycles. The topological polar surface area (TPSA) is 32.6 Å². The first kappa shape index (κ1) is 14.5. The van der Waals surface area contributed by atoms with Crippen LogP contribution in [-0.2, 0) is 0 Å². The number of hydrogen-bond acceptors (Lipinski definition) is 2. The highest BCUT2D eigenvalue weighted by molar-refractivity contribution is 6.36. The maximum Gasteiger partial charge on any atom is 0.238 e. The summed E-state index contributed by atoms with van der Waals surface area (Å²) < 4.78 is 0.389. The van der Waals surface area contributed by atoms with Crippen LogP contribution >= 0.6 is 23.2 Å². The number of benzene rings is 1. The number of aliphatic hydroxyl groups is 1. The fourth-order valence-corrected chi connectivity index (χ4v) is 2.90. The van der Waals surface area contributed by atoms with Crippen LogP contribution in [0.2, 0.25) is 10.0 Å². The normalized spacial score (nSPS) is 21.8. The van der Waals surface area contributed by atoms with Crippen LogP contribution < -0.4 is 4.48 Å². The summed E-state index contributed by atoms with van der Waals surface area (Å²) >= 11 is 12.3. The Morgan fingerprint density at radius 3 is 2.74 bits per heavy atom. The van der Waals surface area contributed by atoms with Gasteiger partial charge in [-0.15, -0.1) is 0 Å². The number of nitrogens with zero attached hydrogens (tertiary/aromatic N) is 2. The predicted octanol–water partition coefficient (Wildman–Crippen LogP) is 3.98. The van der Waals surface area contributed by atoms with Gasteiger partial charge in [0.1, 0.15) is 17.8 Å². The quantitative estimate of drug-likeness (QED) is 0.820. The van der Waals surface area contributed by atoms with Crippen LogP contribution in [-0.4, -0.2) is 24.1 Å². The fraction of sp³-hybridized carbons (Fsp3) is 0.357. The van der Waals surface area contributed by atoms with Crippen LogP contribution in [0.15, 0.2) is 35.6 Å². The van der Waals surface area contributed by atoms with Crippen molar-refractivity contribution < 1.29 is 5.11 Å². The van der Waals surface area contributed by atoms with Crippen molar-refractivity contribution >= 4 is 34.7 Å². The van der Waals surface area contributed by atoms with Crippen LogP contribution in [0.1, 0.15) is 19.8 Å². The van der Waals surface area contributed by atoms with Crippen LogP contribution in [0.25, 0.3) is 0 Å². The van der Waals surface area contributed by atoms with Gasteiger partial charge in [0.05, 0.1) is 12.7 Å². The van der Waals surface area contributed by atoms with Crippen LogP contribution in [0, 0.1) is 0 Å². The maximum absolute atomic E-state index is 9.55. The molecule has 0 bridgehead atoms. The minimum atomic E-state index is -0.0876. The lowest BCUT2D eigenvalue weighted by Gasteiger charge is -2.32. The molecule has 0 saturated heterocycles. The molecule has 1 N–H and O–H groups in total. The highest BCUT2D eigenvalue weighted by atomic mass is 35.5. The summed E-state index contributed by atoms with van der Waals surface area (Å²) in [5, 5.41) is 10.8. The minimum Gasteiger partial charge on any atom is -0.384 e. The summed E-state index contributed by atoms with van der Waals surface area (Å²) in [6, 6.07) is 5.45. The Labute approximate surface area is 123 Å². The van der Waals surface area contributed by atoms with Gasteiger partial charge < -0.3 is 5.11 Å². The lowest BCUT2D eigenvalue weighted by Crippen LogP contribution is -2.50. The van der Waals surface area contributed by atoms with Crippen molar-refractivity contribution in [3.05, 3.63) is 40.6 Å². The first-order valence-corrected chi connectivity index (χ1v) is 7.09. The Morgan fingerprint density at radius 2 is 2.11 bits per heavy atom. The van der Waals surface area contributed by atoms with E-state index in [-0.39, 0.29) is 6.61 Å². The molecule has 0 radical (unpaired) electrons. The molecule has 0 fully saturated rings. The molecule has 102 valence electrons. The smallest absolute Gasteiger partial charge is 0.238 e. The van der Waals surface area contributed by atoms with E-state index in [2.05, 4.69) is 11.9 Å². The SMILES string of the molecule is CCCC[N+]1(c2ccc(Cl)cc2Cl)C=CN=C1CO. The molecule has 0 spiro atoms. The van der Waals surface area contributed by atoms with Crippen molar-refractivity contribution in [3.63, 3.8) is 0 Å². The third-order valence-electron chi connectivity index (χ3n) is 3.35. The lowest BCUT2D eigenvalue weighted by molar-refractivity contribution is 0.338. The average molecular weight is 300 g/mol. The number of rotatable bonds is 5. The summed E-state index contributed by atoms with van der Waals surface area (Å²) in [6.45, 7) is 2.87. The van der Waals surface area contributed by atoms with Gasteiger partial charge in [0.15, 0.2) is 5.69 Å². The predicted molar refractivity (Wildman–Crippen MR) is 81.7 cm³/mol. The number of aliphatic imine (C=N–C) groups is 1. The molecule has 0 amide bonds. The highest BCUT2D eigenvalue weighted by Crippen LogP contribution is 2.37. The molecule has 1 unspecified atom stereocenters. The zero-order chi connectivity index (χ0) is 13.9. The minimum absolute atomic E-state index is 0.0876. The van der Waals surface area contributed by atoms with Crippen molar-refractivity contribution in [1.82, 2.24) is 4.48 Å². The monoisotopic (exact) mass is 299 g/mol. The molecule has 1 atom stereocenters. The van der Waals surface area contributed by atoms with E-state index in [9.17, 15) is 5.11 Å². The second-order valence-electron chi connectivity index (χ2n) is 4.54. The third kappa shape index (κ3) is 2.70. The molecule has 19 heavy (non-hydrogen) atoms. The van der Waals surface area contributed by atoms with Gasteiger partial charge in [-0.05, 0) is 18.6 Å². The molecular formula is C14H17Cl2N2O+. The molecule has 1 aromatic rings. The van der Waals surface area contributed by atoms with Crippen molar-refractivity contribution in [1.29, 1.82) is 0 Å². The van der Waals surface area contributed by atoms with E-state index in [1.165, 1.54) is 0 Å². The molecule has 0 aliphatic carbocycles. The lowest BCUT2D eigenvalue weighted by atomic mass is 10.2. The molecule has 1 aliphatic rings. The van der Waals surface area contributed by atoms with E-state index in [0.717, 1.165) is 25.1 Å². The summed E-state index contributed by atoms with van der Waals surface area (Å²) in [5.41, 5.74) is 0.904. The Kier molecular flexibility index (Phi) is 4.63. The van der Waals surface area contributed by atoms with Gasteiger partial charge in [0.25, 0.3) is 0 Å². The summed E-state index contributed by atoms with van der Waals surface area (Å²) in [4.78, 5) is 4.27. The molecule has 1 heterocycles. The summed E-state index contributed by atoms with van der Waals surface area (Å²) in [5.74, 6) is 0.692. The van der Waals surface area contributed by atoms with Crippen LogP contribution in [0.3, 0.4) is 0 Å². The Balaban J connectivity index is 2.49. The van der Waals surface area contributed by atoms with E-state index < -0.39 is 0 Å². The Morgan fingerprint density at radius 1 is 1.32 bits per heavy atom. The number of aliphatic hydroxyl groups excluding tert-OH is 1. The van der Waals surface area contributed by atoms with Crippen LogP contribution in [0.5, 0.6) is 0 Å². The molecule has 0 aromatic heterocycles. The summed E-state index contributed by atoms with van der Waals surface area (Å²) in [6.07, 6.45) is 5.78. The second-order valence-corrected chi connectivity index (χ2v) is 5.39.